The number of amides is 2. The minimum Gasteiger partial charge on any atom is -0.463 e. The second-order valence-electron chi connectivity index (χ2n) is 6.78. The standard InChI is InChI=1S/C20H25N3O4S/c1-13(2)27-18(25)12-16-19(26)21-10-11-23(16)20(28)22-17(24)9-8-15-6-4-14(3)5-7-15/h4-9,13,16H,10-12H2,1-3H3,(H,21,26)(H,22,24,28)/b9-8+. The number of esters is 1. The van der Waals surface area contributed by atoms with Gasteiger partial charge in [-0.25, -0.2) is 0 Å². The molecule has 0 spiro atoms. The molecule has 1 aromatic carbocycles. The number of hydrogen-bond donors (Lipinski definition) is 2. The molecule has 1 heterocycles. The van der Waals surface area contributed by atoms with Gasteiger partial charge in [0.15, 0.2) is 5.11 Å². The van der Waals surface area contributed by atoms with Crippen LogP contribution in [0.3, 0.4) is 0 Å². The number of carbonyl (C=O) groups excluding carboxylic acids is 3. The molecule has 2 amide bonds. The van der Waals surface area contributed by atoms with Crippen molar-refractivity contribution in [2.24, 2.45) is 0 Å². The number of ether oxygens (including phenoxy) is 1. The maximum absolute atomic E-state index is 12.2. The lowest BCUT2D eigenvalue weighted by molar-refractivity contribution is -0.150. The van der Waals surface area contributed by atoms with E-state index in [2.05, 4.69) is 10.6 Å². The Bertz CT molecular complexity index is 774. The van der Waals surface area contributed by atoms with Gasteiger partial charge in [0, 0.05) is 19.2 Å². The van der Waals surface area contributed by atoms with Crippen LogP contribution in [0.4, 0.5) is 0 Å². The summed E-state index contributed by atoms with van der Waals surface area (Å²) < 4.78 is 5.12. The molecule has 1 saturated heterocycles. The van der Waals surface area contributed by atoms with Crippen LogP contribution in [0.1, 0.15) is 31.4 Å². The van der Waals surface area contributed by atoms with Crippen LogP contribution >= 0.6 is 12.2 Å². The quantitative estimate of drug-likeness (QED) is 0.441. The molecular weight excluding hydrogens is 378 g/mol. The normalized spacial score (nSPS) is 16.8. The first-order valence-electron chi connectivity index (χ1n) is 9.10. The SMILES string of the molecule is Cc1ccc(/C=C/C(=O)NC(=S)N2CCNC(=O)C2CC(=O)OC(C)C)cc1. The second-order valence-corrected chi connectivity index (χ2v) is 7.17. The van der Waals surface area contributed by atoms with Crippen molar-refractivity contribution in [2.45, 2.75) is 39.3 Å². The molecule has 0 aromatic heterocycles. The van der Waals surface area contributed by atoms with E-state index in [9.17, 15) is 14.4 Å². The van der Waals surface area contributed by atoms with Crippen LogP contribution in [-0.2, 0) is 19.1 Å². The van der Waals surface area contributed by atoms with Gasteiger partial charge in [-0.1, -0.05) is 29.8 Å². The zero-order chi connectivity index (χ0) is 20.7. The number of carbonyl (C=O) groups is 3. The van der Waals surface area contributed by atoms with Gasteiger partial charge in [0.05, 0.1) is 12.5 Å². The molecule has 2 N–H and O–H groups in total. The maximum Gasteiger partial charge on any atom is 0.308 e. The summed E-state index contributed by atoms with van der Waals surface area (Å²) in [6.45, 7) is 6.24. The maximum atomic E-state index is 12.2. The molecule has 1 unspecified atom stereocenters. The van der Waals surface area contributed by atoms with E-state index in [1.54, 1.807) is 24.8 Å². The highest BCUT2D eigenvalue weighted by molar-refractivity contribution is 7.80. The monoisotopic (exact) mass is 403 g/mol. The van der Waals surface area contributed by atoms with Gasteiger partial charge < -0.3 is 15.0 Å². The van der Waals surface area contributed by atoms with Gasteiger partial charge in [0.1, 0.15) is 6.04 Å². The van der Waals surface area contributed by atoms with E-state index in [1.165, 1.54) is 6.08 Å². The molecule has 150 valence electrons. The molecule has 1 aliphatic rings. The Labute approximate surface area is 170 Å². The summed E-state index contributed by atoms with van der Waals surface area (Å²) in [5, 5.41) is 5.41. The lowest BCUT2D eigenvalue weighted by atomic mass is 10.1. The fourth-order valence-electron chi connectivity index (χ4n) is 2.70. The van der Waals surface area contributed by atoms with Crippen LogP contribution in [0.15, 0.2) is 30.3 Å². The van der Waals surface area contributed by atoms with E-state index in [0.717, 1.165) is 11.1 Å². The lowest BCUT2D eigenvalue weighted by Gasteiger charge is -2.36. The average molecular weight is 404 g/mol. The smallest absolute Gasteiger partial charge is 0.308 e. The summed E-state index contributed by atoms with van der Waals surface area (Å²) in [5.41, 5.74) is 2.02. The third kappa shape index (κ3) is 6.45. The highest BCUT2D eigenvalue weighted by Gasteiger charge is 2.34. The van der Waals surface area contributed by atoms with Gasteiger partial charge in [-0.15, -0.1) is 0 Å². The molecule has 1 aromatic rings. The molecule has 7 nitrogen and oxygen atoms in total. The van der Waals surface area contributed by atoms with Crippen LogP contribution in [0, 0.1) is 6.92 Å². The third-order valence-electron chi connectivity index (χ3n) is 4.05. The lowest BCUT2D eigenvalue weighted by Crippen LogP contribution is -2.60. The van der Waals surface area contributed by atoms with Crippen LogP contribution in [0.2, 0.25) is 0 Å². The van der Waals surface area contributed by atoms with Gasteiger partial charge >= 0.3 is 5.97 Å². The number of benzene rings is 1. The molecule has 0 aliphatic carbocycles. The number of aryl methyl sites for hydroxylation is 1. The second kappa shape index (κ2) is 9.98. The van der Waals surface area contributed by atoms with Crippen molar-refractivity contribution in [3.05, 3.63) is 41.5 Å². The number of nitrogens with one attached hydrogen (secondary N) is 2. The third-order valence-corrected chi connectivity index (χ3v) is 4.39. The number of hydrogen-bond acceptors (Lipinski definition) is 5. The molecule has 28 heavy (non-hydrogen) atoms. The predicted molar refractivity (Wildman–Crippen MR) is 110 cm³/mol. The summed E-state index contributed by atoms with van der Waals surface area (Å²) in [4.78, 5) is 37.9. The minimum absolute atomic E-state index is 0.107. The molecule has 0 bridgehead atoms. The van der Waals surface area contributed by atoms with Gasteiger partial charge in [-0.2, -0.15) is 0 Å². The number of piperazine rings is 1. The Kier molecular flexibility index (Phi) is 7.69. The highest BCUT2D eigenvalue weighted by Crippen LogP contribution is 2.11. The van der Waals surface area contributed by atoms with Crippen LogP contribution in [0.25, 0.3) is 6.08 Å². The Balaban J connectivity index is 1.99. The van der Waals surface area contributed by atoms with Crippen molar-refractivity contribution >= 4 is 41.2 Å². The van der Waals surface area contributed by atoms with Gasteiger partial charge in [0.2, 0.25) is 11.8 Å². The summed E-state index contributed by atoms with van der Waals surface area (Å²) in [6.07, 6.45) is 2.64. The molecule has 1 aliphatic heterocycles. The van der Waals surface area contributed by atoms with Crippen molar-refractivity contribution in [1.82, 2.24) is 15.5 Å². The fourth-order valence-corrected chi connectivity index (χ4v) is 3.02. The van der Waals surface area contributed by atoms with E-state index in [4.69, 9.17) is 17.0 Å². The molecule has 8 heteroatoms. The topological polar surface area (TPSA) is 87.7 Å². The van der Waals surface area contributed by atoms with Crippen molar-refractivity contribution < 1.29 is 19.1 Å². The van der Waals surface area contributed by atoms with E-state index in [1.807, 2.05) is 31.2 Å². The average Bonchev–Trinajstić information content (AvgIpc) is 2.62. The number of nitrogens with zero attached hydrogens (tertiary/aromatic N) is 1. The Hall–Kier alpha value is -2.74. The largest absolute Gasteiger partial charge is 0.463 e. The first-order valence-corrected chi connectivity index (χ1v) is 9.50. The Morgan fingerprint density at radius 1 is 1.36 bits per heavy atom. The van der Waals surface area contributed by atoms with Gasteiger partial charge in [0.25, 0.3) is 0 Å². The van der Waals surface area contributed by atoms with Crippen LogP contribution < -0.4 is 10.6 Å². The summed E-state index contributed by atoms with van der Waals surface area (Å²) in [5.74, 6) is -1.21. The van der Waals surface area contributed by atoms with E-state index in [0.29, 0.717) is 13.1 Å². The number of thiocarbonyl (C=S) groups is 1. The fraction of sp³-hybridized carbons (Fsp3) is 0.400. The zero-order valence-electron chi connectivity index (χ0n) is 16.2. The Morgan fingerprint density at radius 3 is 2.68 bits per heavy atom. The van der Waals surface area contributed by atoms with E-state index >= 15 is 0 Å². The van der Waals surface area contributed by atoms with E-state index < -0.39 is 17.9 Å². The molecule has 0 radical (unpaired) electrons. The molecule has 0 saturated carbocycles. The first kappa shape index (κ1) is 21.6. The highest BCUT2D eigenvalue weighted by atomic mass is 32.1. The van der Waals surface area contributed by atoms with Crippen LogP contribution in [0.5, 0.6) is 0 Å². The van der Waals surface area contributed by atoms with Gasteiger partial charge in [-0.3, -0.25) is 19.7 Å². The molecular formula is C20H25N3O4S. The molecule has 1 atom stereocenters. The van der Waals surface area contributed by atoms with Crippen molar-refractivity contribution in [1.29, 1.82) is 0 Å². The number of rotatable bonds is 5. The van der Waals surface area contributed by atoms with Crippen LogP contribution in [-0.4, -0.2) is 53.0 Å². The van der Waals surface area contributed by atoms with Crippen molar-refractivity contribution in [3.8, 4) is 0 Å². The Morgan fingerprint density at radius 2 is 2.04 bits per heavy atom. The summed E-state index contributed by atoms with van der Waals surface area (Å²) >= 11 is 5.30. The summed E-state index contributed by atoms with van der Waals surface area (Å²) in [6, 6.07) is 6.91. The first-order chi connectivity index (χ1) is 13.3. The zero-order valence-corrected chi connectivity index (χ0v) is 17.0. The predicted octanol–water partition coefficient (Wildman–Crippen LogP) is 1.55. The minimum atomic E-state index is -0.811. The van der Waals surface area contributed by atoms with Crippen molar-refractivity contribution in [3.63, 3.8) is 0 Å². The molecule has 2 rings (SSSR count). The van der Waals surface area contributed by atoms with E-state index in [-0.39, 0.29) is 23.5 Å². The summed E-state index contributed by atoms with van der Waals surface area (Å²) in [7, 11) is 0. The van der Waals surface area contributed by atoms with Gasteiger partial charge in [-0.05, 0) is 44.6 Å². The van der Waals surface area contributed by atoms with Crippen molar-refractivity contribution in [2.75, 3.05) is 13.1 Å². The molecule has 1 fully saturated rings.